The second-order valence-electron chi connectivity index (χ2n) is 4.71. The highest BCUT2D eigenvalue weighted by Crippen LogP contribution is 2.38. The van der Waals surface area contributed by atoms with E-state index < -0.39 is 0 Å². The first-order valence-electron chi connectivity index (χ1n) is 6.52. The predicted molar refractivity (Wildman–Crippen MR) is 92.0 cm³/mol. The van der Waals surface area contributed by atoms with Gasteiger partial charge in [0.05, 0.1) is 10.4 Å². The standard InChI is InChI=1S/C16H13N3OS2/c1-9(20)11-3-5-12(6-4-11)13-7-21-15-14(13)16(19-8-18-15)22-10(2)17/h3-8H,2,17H2,1H3. The number of hydrogen-bond acceptors (Lipinski definition) is 6. The summed E-state index contributed by atoms with van der Waals surface area (Å²) in [4.78, 5) is 20.9. The Morgan fingerprint density at radius 2 is 2.00 bits per heavy atom. The summed E-state index contributed by atoms with van der Waals surface area (Å²) in [6, 6.07) is 7.55. The summed E-state index contributed by atoms with van der Waals surface area (Å²) in [6.07, 6.45) is 1.53. The Bertz CT molecular complexity index is 869. The highest BCUT2D eigenvalue weighted by Gasteiger charge is 2.14. The Morgan fingerprint density at radius 3 is 2.64 bits per heavy atom. The van der Waals surface area contributed by atoms with Crippen LogP contribution in [0.5, 0.6) is 0 Å². The van der Waals surface area contributed by atoms with E-state index in [0.29, 0.717) is 10.6 Å². The van der Waals surface area contributed by atoms with Gasteiger partial charge in [-0.05, 0) is 12.5 Å². The molecule has 0 bridgehead atoms. The summed E-state index contributed by atoms with van der Waals surface area (Å²) in [6.45, 7) is 5.28. The number of nitrogens with zero attached hydrogens (tertiary/aromatic N) is 2. The maximum Gasteiger partial charge on any atom is 0.159 e. The van der Waals surface area contributed by atoms with Crippen molar-refractivity contribution in [1.82, 2.24) is 9.97 Å². The SMILES string of the molecule is C=C(N)Sc1ncnc2scc(-c3ccc(C(C)=O)cc3)c12. The maximum absolute atomic E-state index is 11.4. The van der Waals surface area contributed by atoms with Crippen molar-refractivity contribution in [3.05, 3.63) is 53.1 Å². The van der Waals surface area contributed by atoms with Crippen LogP contribution in [0.15, 0.2) is 52.6 Å². The highest BCUT2D eigenvalue weighted by molar-refractivity contribution is 8.03. The first-order valence-corrected chi connectivity index (χ1v) is 8.21. The number of fused-ring (bicyclic) bond motifs is 1. The minimum Gasteiger partial charge on any atom is -0.394 e. The van der Waals surface area contributed by atoms with Crippen LogP contribution in [0.2, 0.25) is 0 Å². The van der Waals surface area contributed by atoms with Gasteiger partial charge in [-0.1, -0.05) is 42.6 Å². The third-order valence-electron chi connectivity index (χ3n) is 3.17. The molecular formula is C16H13N3OS2. The van der Waals surface area contributed by atoms with Crippen molar-refractivity contribution in [2.24, 2.45) is 5.73 Å². The largest absolute Gasteiger partial charge is 0.394 e. The Balaban J connectivity index is 2.14. The number of rotatable bonds is 4. The number of Topliss-reactive ketones (excluding diaryl/α,β-unsaturated/α-hetero) is 1. The van der Waals surface area contributed by atoms with Gasteiger partial charge in [0.15, 0.2) is 5.78 Å². The fourth-order valence-corrected chi connectivity index (χ4v) is 3.78. The lowest BCUT2D eigenvalue weighted by Gasteiger charge is -2.05. The Kier molecular flexibility index (Phi) is 3.96. The molecule has 3 aromatic rings. The Morgan fingerprint density at radius 1 is 1.27 bits per heavy atom. The van der Waals surface area contributed by atoms with Crippen LogP contribution in [-0.4, -0.2) is 15.8 Å². The van der Waals surface area contributed by atoms with Gasteiger partial charge in [0.1, 0.15) is 16.2 Å². The zero-order valence-electron chi connectivity index (χ0n) is 11.9. The van der Waals surface area contributed by atoms with Crippen LogP contribution in [0, 0.1) is 0 Å². The lowest BCUT2D eigenvalue weighted by Crippen LogP contribution is -1.92. The third-order valence-corrected chi connectivity index (χ3v) is 4.82. The fraction of sp³-hybridized carbons (Fsp3) is 0.0625. The van der Waals surface area contributed by atoms with E-state index in [-0.39, 0.29) is 5.78 Å². The fourth-order valence-electron chi connectivity index (χ4n) is 2.15. The van der Waals surface area contributed by atoms with Gasteiger partial charge in [0, 0.05) is 16.5 Å². The molecule has 3 rings (SSSR count). The molecule has 0 saturated carbocycles. The molecule has 6 heteroatoms. The monoisotopic (exact) mass is 327 g/mol. The molecular weight excluding hydrogens is 314 g/mol. The quantitative estimate of drug-likeness (QED) is 0.444. The van der Waals surface area contributed by atoms with Gasteiger partial charge in [0.25, 0.3) is 0 Å². The number of hydrogen-bond donors (Lipinski definition) is 1. The zero-order valence-corrected chi connectivity index (χ0v) is 13.5. The second kappa shape index (κ2) is 5.90. The van der Waals surface area contributed by atoms with Crippen molar-refractivity contribution in [2.45, 2.75) is 11.9 Å². The number of thioether (sulfide) groups is 1. The summed E-state index contributed by atoms with van der Waals surface area (Å²) in [5.41, 5.74) is 8.46. The molecule has 2 aromatic heterocycles. The van der Waals surface area contributed by atoms with Gasteiger partial charge in [-0.2, -0.15) is 0 Å². The molecule has 0 fully saturated rings. The van der Waals surface area contributed by atoms with E-state index in [2.05, 4.69) is 16.5 Å². The molecule has 22 heavy (non-hydrogen) atoms. The molecule has 0 aliphatic heterocycles. The number of aromatic nitrogens is 2. The van der Waals surface area contributed by atoms with Gasteiger partial charge < -0.3 is 5.73 Å². The minimum absolute atomic E-state index is 0.0562. The lowest BCUT2D eigenvalue weighted by molar-refractivity contribution is 0.101. The van der Waals surface area contributed by atoms with Crippen LogP contribution in [0.4, 0.5) is 0 Å². The van der Waals surface area contributed by atoms with Crippen molar-refractivity contribution < 1.29 is 4.79 Å². The molecule has 0 saturated heterocycles. The summed E-state index contributed by atoms with van der Waals surface area (Å²) < 4.78 is 0. The average molecular weight is 327 g/mol. The van der Waals surface area contributed by atoms with Crippen molar-refractivity contribution >= 4 is 39.1 Å². The predicted octanol–water partition coefficient (Wildman–Crippen LogP) is 4.08. The number of ketones is 1. The molecule has 0 spiro atoms. The van der Waals surface area contributed by atoms with E-state index in [1.165, 1.54) is 18.1 Å². The average Bonchev–Trinajstić information content (AvgIpc) is 2.92. The summed E-state index contributed by atoms with van der Waals surface area (Å²) in [5, 5.41) is 4.30. The molecule has 0 aliphatic carbocycles. The van der Waals surface area contributed by atoms with Gasteiger partial charge in [0.2, 0.25) is 0 Å². The molecule has 2 heterocycles. The van der Waals surface area contributed by atoms with Crippen LogP contribution in [0.1, 0.15) is 17.3 Å². The van der Waals surface area contributed by atoms with Crippen molar-refractivity contribution in [2.75, 3.05) is 0 Å². The van der Waals surface area contributed by atoms with Crippen LogP contribution in [0.3, 0.4) is 0 Å². The topological polar surface area (TPSA) is 68.9 Å². The minimum atomic E-state index is 0.0562. The lowest BCUT2D eigenvalue weighted by atomic mass is 10.0. The van der Waals surface area contributed by atoms with E-state index in [1.807, 2.05) is 29.6 Å². The number of nitrogens with two attached hydrogens (primary N) is 1. The van der Waals surface area contributed by atoms with Crippen molar-refractivity contribution in [3.8, 4) is 11.1 Å². The van der Waals surface area contributed by atoms with Gasteiger partial charge in [-0.25, -0.2) is 9.97 Å². The molecule has 0 amide bonds. The van der Waals surface area contributed by atoms with E-state index in [4.69, 9.17) is 5.73 Å². The normalized spacial score (nSPS) is 10.8. The zero-order chi connectivity index (χ0) is 15.7. The Labute approximate surface area is 136 Å². The summed E-state index contributed by atoms with van der Waals surface area (Å²) >= 11 is 2.89. The number of carbonyl (C=O) groups is 1. The third kappa shape index (κ3) is 2.75. The number of thiophene rings is 1. The first kappa shape index (κ1) is 14.7. The van der Waals surface area contributed by atoms with Crippen LogP contribution in [-0.2, 0) is 0 Å². The maximum atomic E-state index is 11.4. The van der Waals surface area contributed by atoms with Crippen LogP contribution < -0.4 is 5.73 Å². The van der Waals surface area contributed by atoms with Crippen molar-refractivity contribution in [3.63, 3.8) is 0 Å². The van der Waals surface area contributed by atoms with Gasteiger partial charge >= 0.3 is 0 Å². The highest BCUT2D eigenvalue weighted by atomic mass is 32.2. The van der Waals surface area contributed by atoms with Crippen LogP contribution in [0.25, 0.3) is 21.3 Å². The van der Waals surface area contributed by atoms with Gasteiger partial charge in [-0.15, -0.1) is 11.3 Å². The summed E-state index contributed by atoms with van der Waals surface area (Å²) in [7, 11) is 0. The van der Waals surface area contributed by atoms with E-state index in [0.717, 1.165) is 26.4 Å². The number of benzene rings is 1. The molecule has 0 radical (unpaired) electrons. The molecule has 0 aliphatic rings. The summed E-state index contributed by atoms with van der Waals surface area (Å²) in [5.74, 6) is 0.0562. The van der Waals surface area contributed by atoms with Gasteiger partial charge in [-0.3, -0.25) is 4.79 Å². The molecule has 1 aromatic carbocycles. The van der Waals surface area contributed by atoms with E-state index >= 15 is 0 Å². The first-order chi connectivity index (χ1) is 10.6. The second-order valence-corrected chi connectivity index (χ2v) is 6.68. The van der Waals surface area contributed by atoms with E-state index in [1.54, 1.807) is 18.3 Å². The number of carbonyl (C=O) groups excluding carboxylic acids is 1. The Hall–Kier alpha value is -2.18. The molecule has 0 unspecified atom stereocenters. The molecule has 2 N–H and O–H groups in total. The smallest absolute Gasteiger partial charge is 0.159 e. The molecule has 0 atom stereocenters. The van der Waals surface area contributed by atoms with Crippen LogP contribution >= 0.6 is 23.1 Å². The van der Waals surface area contributed by atoms with Crippen molar-refractivity contribution in [1.29, 1.82) is 0 Å². The van der Waals surface area contributed by atoms with E-state index in [9.17, 15) is 4.79 Å². The molecule has 4 nitrogen and oxygen atoms in total. The molecule has 110 valence electrons.